The first-order valence-electron chi connectivity index (χ1n) is 5.47. The van der Waals surface area contributed by atoms with E-state index in [0.29, 0.717) is 5.89 Å². The normalized spacial score (nSPS) is 15.7. The van der Waals surface area contributed by atoms with Crippen molar-refractivity contribution in [3.05, 3.63) is 11.7 Å². The van der Waals surface area contributed by atoms with E-state index in [1.807, 2.05) is 13.8 Å². The number of rotatable bonds is 6. The molecule has 5 nitrogen and oxygen atoms in total. The second kappa shape index (κ2) is 6.14. The first-order chi connectivity index (χ1) is 8.33. The second-order valence-corrected chi connectivity index (χ2v) is 4.02. The molecule has 0 saturated carbocycles. The van der Waals surface area contributed by atoms with Crippen LogP contribution in [0.5, 0.6) is 0 Å². The van der Waals surface area contributed by atoms with Gasteiger partial charge in [0.25, 0.3) is 0 Å². The minimum atomic E-state index is -4.35. The summed E-state index contributed by atoms with van der Waals surface area (Å²) >= 11 is 0. The molecule has 8 heteroatoms. The Labute approximate surface area is 103 Å². The van der Waals surface area contributed by atoms with Crippen LogP contribution in [0.25, 0.3) is 0 Å². The predicted octanol–water partition coefficient (Wildman–Crippen LogP) is 1.86. The lowest BCUT2D eigenvalue weighted by Crippen LogP contribution is -2.27. The van der Waals surface area contributed by atoms with Crippen molar-refractivity contribution < 1.29 is 22.4 Å². The molecule has 0 bridgehead atoms. The van der Waals surface area contributed by atoms with Gasteiger partial charge >= 0.3 is 6.18 Å². The standard InChI is InChI=1S/C10H16F3N3O2/c1-6(7(2)14-3)9-15-8(16-18-9)4-17-5-10(11,12)13/h6-7,14H,4-5H2,1-3H3. The zero-order chi connectivity index (χ0) is 13.8. The summed E-state index contributed by atoms with van der Waals surface area (Å²) in [6.07, 6.45) is -4.35. The van der Waals surface area contributed by atoms with Gasteiger partial charge in [-0.25, -0.2) is 0 Å². The van der Waals surface area contributed by atoms with Crippen LogP contribution in [0, 0.1) is 0 Å². The molecule has 1 aromatic rings. The number of halogens is 3. The maximum Gasteiger partial charge on any atom is 0.411 e. The molecule has 0 aromatic carbocycles. The van der Waals surface area contributed by atoms with Crippen molar-refractivity contribution in [2.24, 2.45) is 0 Å². The average Bonchev–Trinajstić information content (AvgIpc) is 2.74. The Kier molecular flexibility index (Phi) is 5.09. The monoisotopic (exact) mass is 267 g/mol. The number of nitrogens with zero attached hydrogens (tertiary/aromatic N) is 2. The van der Waals surface area contributed by atoms with E-state index in [4.69, 9.17) is 4.52 Å². The van der Waals surface area contributed by atoms with E-state index in [-0.39, 0.29) is 24.4 Å². The van der Waals surface area contributed by atoms with Gasteiger partial charge in [-0.1, -0.05) is 12.1 Å². The van der Waals surface area contributed by atoms with Crippen LogP contribution in [0.2, 0.25) is 0 Å². The van der Waals surface area contributed by atoms with Crippen LogP contribution >= 0.6 is 0 Å². The minimum Gasteiger partial charge on any atom is -0.364 e. The maximum absolute atomic E-state index is 11.8. The molecule has 2 atom stereocenters. The Morgan fingerprint density at radius 2 is 2.06 bits per heavy atom. The number of aromatic nitrogens is 2. The van der Waals surface area contributed by atoms with Crippen LogP contribution in [0.3, 0.4) is 0 Å². The smallest absolute Gasteiger partial charge is 0.364 e. The van der Waals surface area contributed by atoms with Gasteiger partial charge in [-0.15, -0.1) is 0 Å². The van der Waals surface area contributed by atoms with Crippen molar-refractivity contribution in [1.29, 1.82) is 0 Å². The van der Waals surface area contributed by atoms with Crippen molar-refractivity contribution in [1.82, 2.24) is 15.5 Å². The van der Waals surface area contributed by atoms with Gasteiger partial charge < -0.3 is 14.6 Å². The largest absolute Gasteiger partial charge is 0.411 e. The lowest BCUT2D eigenvalue weighted by molar-refractivity contribution is -0.177. The third-order valence-corrected chi connectivity index (χ3v) is 2.58. The molecule has 1 N–H and O–H groups in total. The highest BCUT2D eigenvalue weighted by molar-refractivity contribution is 4.95. The number of alkyl halides is 3. The Balaban J connectivity index is 2.48. The number of ether oxygens (including phenoxy) is 1. The third kappa shape index (κ3) is 4.61. The van der Waals surface area contributed by atoms with Crippen molar-refractivity contribution in [3.8, 4) is 0 Å². The predicted molar refractivity (Wildman–Crippen MR) is 56.9 cm³/mol. The van der Waals surface area contributed by atoms with Crippen LogP contribution < -0.4 is 5.32 Å². The number of likely N-dealkylation sites (N-methyl/N-ethyl adjacent to an activating group) is 1. The zero-order valence-electron chi connectivity index (χ0n) is 10.4. The van der Waals surface area contributed by atoms with Crippen LogP contribution in [0.4, 0.5) is 13.2 Å². The van der Waals surface area contributed by atoms with Gasteiger partial charge in [0.1, 0.15) is 13.2 Å². The average molecular weight is 267 g/mol. The van der Waals surface area contributed by atoms with E-state index in [0.717, 1.165) is 0 Å². The Hall–Kier alpha value is -1.15. The summed E-state index contributed by atoms with van der Waals surface area (Å²) < 4.78 is 44.9. The van der Waals surface area contributed by atoms with Gasteiger partial charge in [-0.2, -0.15) is 18.2 Å². The minimum absolute atomic E-state index is 0.0288. The van der Waals surface area contributed by atoms with Crippen molar-refractivity contribution in [2.75, 3.05) is 13.7 Å². The molecule has 0 aliphatic heterocycles. The van der Waals surface area contributed by atoms with Crippen LogP contribution in [-0.4, -0.2) is 36.0 Å². The topological polar surface area (TPSA) is 60.2 Å². The Morgan fingerprint density at radius 1 is 1.39 bits per heavy atom. The summed E-state index contributed by atoms with van der Waals surface area (Å²) in [6, 6.07) is 0.120. The lowest BCUT2D eigenvalue weighted by Gasteiger charge is -2.14. The lowest BCUT2D eigenvalue weighted by atomic mass is 10.0. The number of hydrogen-bond donors (Lipinski definition) is 1. The second-order valence-electron chi connectivity index (χ2n) is 4.02. The van der Waals surface area contributed by atoms with Crippen molar-refractivity contribution >= 4 is 0 Å². The van der Waals surface area contributed by atoms with Gasteiger partial charge in [0.15, 0.2) is 5.82 Å². The van der Waals surface area contributed by atoms with Crippen LogP contribution in [0.1, 0.15) is 31.5 Å². The maximum atomic E-state index is 11.8. The molecule has 1 aromatic heterocycles. The third-order valence-electron chi connectivity index (χ3n) is 2.58. The fourth-order valence-electron chi connectivity index (χ4n) is 1.23. The molecule has 18 heavy (non-hydrogen) atoms. The molecule has 0 saturated heterocycles. The van der Waals surface area contributed by atoms with Crippen LogP contribution in [-0.2, 0) is 11.3 Å². The molecule has 0 radical (unpaired) electrons. The number of hydrogen-bond acceptors (Lipinski definition) is 5. The molecule has 0 amide bonds. The molecule has 0 aliphatic carbocycles. The van der Waals surface area contributed by atoms with Gasteiger partial charge in [0, 0.05) is 6.04 Å². The SMILES string of the molecule is CNC(C)C(C)c1nc(COCC(F)(F)F)no1. The van der Waals surface area contributed by atoms with Gasteiger partial charge in [0.05, 0.1) is 5.92 Å². The quantitative estimate of drug-likeness (QED) is 0.852. The fourth-order valence-corrected chi connectivity index (χ4v) is 1.23. The molecule has 0 spiro atoms. The molecule has 1 rings (SSSR count). The first-order valence-corrected chi connectivity index (χ1v) is 5.47. The molecule has 1 heterocycles. The fraction of sp³-hybridized carbons (Fsp3) is 0.800. The molecular formula is C10H16F3N3O2. The van der Waals surface area contributed by atoms with E-state index in [2.05, 4.69) is 20.2 Å². The van der Waals surface area contributed by atoms with Gasteiger partial charge in [-0.05, 0) is 14.0 Å². The Bertz CT molecular complexity index is 367. The highest BCUT2D eigenvalue weighted by atomic mass is 19.4. The highest BCUT2D eigenvalue weighted by Gasteiger charge is 2.28. The molecule has 2 unspecified atom stereocenters. The summed E-state index contributed by atoms with van der Waals surface area (Å²) in [5, 5.41) is 6.60. The van der Waals surface area contributed by atoms with Gasteiger partial charge in [0.2, 0.25) is 5.89 Å². The van der Waals surface area contributed by atoms with Crippen molar-refractivity contribution in [3.63, 3.8) is 0 Å². The first kappa shape index (κ1) is 14.9. The summed E-state index contributed by atoms with van der Waals surface area (Å²) in [6.45, 7) is 2.19. The highest BCUT2D eigenvalue weighted by Crippen LogP contribution is 2.18. The van der Waals surface area contributed by atoms with E-state index < -0.39 is 12.8 Å². The molecule has 104 valence electrons. The summed E-state index contributed by atoms with van der Waals surface area (Å²) in [5.74, 6) is 0.464. The van der Waals surface area contributed by atoms with E-state index in [1.54, 1.807) is 7.05 Å². The zero-order valence-corrected chi connectivity index (χ0v) is 10.4. The molecule has 0 fully saturated rings. The molecular weight excluding hydrogens is 251 g/mol. The Morgan fingerprint density at radius 3 is 2.61 bits per heavy atom. The summed E-state index contributed by atoms with van der Waals surface area (Å²) in [7, 11) is 1.80. The molecule has 0 aliphatic rings. The summed E-state index contributed by atoms with van der Waals surface area (Å²) in [5.41, 5.74) is 0. The van der Waals surface area contributed by atoms with E-state index in [9.17, 15) is 13.2 Å². The van der Waals surface area contributed by atoms with Crippen molar-refractivity contribution in [2.45, 2.75) is 38.6 Å². The number of nitrogens with one attached hydrogen (secondary N) is 1. The van der Waals surface area contributed by atoms with E-state index >= 15 is 0 Å². The van der Waals surface area contributed by atoms with Gasteiger partial charge in [-0.3, -0.25) is 0 Å². The van der Waals surface area contributed by atoms with E-state index in [1.165, 1.54) is 0 Å². The summed E-state index contributed by atoms with van der Waals surface area (Å²) in [4.78, 5) is 3.99. The van der Waals surface area contributed by atoms with Crippen LogP contribution in [0.15, 0.2) is 4.52 Å².